The molecule has 4 nitrogen and oxygen atoms in total. The SMILES string of the molecule is CCC[C@]1(C(=O)O)CCCC=C1/C=C/C(=O)OCc1ccccc1. The Bertz CT molecular complexity index is 630. The van der Waals surface area contributed by atoms with Crippen LogP contribution in [-0.2, 0) is 20.9 Å². The normalized spacial score (nSPS) is 20.6. The number of carboxylic acids is 1. The molecule has 1 atom stereocenters. The van der Waals surface area contributed by atoms with Gasteiger partial charge < -0.3 is 9.84 Å². The van der Waals surface area contributed by atoms with Crippen molar-refractivity contribution in [2.24, 2.45) is 5.41 Å². The van der Waals surface area contributed by atoms with Crippen LogP contribution in [0.5, 0.6) is 0 Å². The second kappa shape index (κ2) is 8.48. The van der Waals surface area contributed by atoms with Gasteiger partial charge in [-0.1, -0.05) is 55.8 Å². The molecule has 0 bridgehead atoms. The lowest BCUT2D eigenvalue weighted by atomic mass is 9.69. The van der Waals surface area contributed by atoms with E-state index in [2.05, 4.69) is 0 Å². The van der Waals surface area contributed by atoms with Gasteiger partial charge in [-0.25, -0.2) is 4.79 Å². The standard InChI is InChI=1S/C20H24O4/c1-2-13-20(19(22)23)14-7-6-10-17(20)11-12-18(21)24-15-16-8-4-3-5-9-16/h3-5,8-12H,2,6-7,13-15H2,1H3,(H,22,23)/b12-11+/t20-/m0/s1. The first-order valence-electron chi connectivity index (χ1n) is 8.41. The highest BCUT2D eigenvalue weighted by molar-refractivity contribution is 5.84. The number of hydrogen-bond acceptors (Lipinski definition) is 3. The van der Waals surface area contributed by atoms with Gasteiger partial charge in [0.05, 0.1) is 5.41 Å². The first-order valence-corrected chi connectivity index (χ1v) is 8.41. The van der Waals surface area contributed by atoms with Crippen LogP contribution in [0.2, 0.25) is 0 Å². The fraction of sp³-hybridized carbons (Fsp3) is 0.400. The summed E-state index contributed by atoms with van der Waals surface area (Å²) >= 11 is 0. The number of allylic oxidation sites excluding steroid dienone is 2. The van der Waals surface area contributed by atoms with Crippen LogP contribution in [0.1, 0.15) is 44.6 Å². The van der Waals surface area contributed by atoms with E-state index < -0.39 is 17.4 Å². The van der Waals surface area contributed by atoms with Crippen LogP contribution in [0.15, 0.2) is 54.1 Å². The van der Waals surface area contributed by atoms with Crippen molar-refractivity contribution in [3.63, 3.8) is 0 Å². The summed E-state index contributed by atoms with van der Waals surface area (Å²) in [6, 6.07) is 9.45. The molecule has 0 unspecified atom stereocenters. The molecule has 128 valence electrons. The number of esters is 1. The van der Waals surface area contributed by atoms with Gasteiger partial charge in [-0.3, -0.25) is 4.79 Å². The fourth-order valence-corrected chi connectivity index (χ4v) is 3.20. The van der Waals surface area contributed by atoms with Crippen LogP contribution in [0.4, 0.5) is 0 Å². The number of benzene rings is 1. The predicted octanol–water partition coefficient (Wildman–Crippen LogP) is 4.27. The summed E-state index contributed by atoms with van der Waals surface area (Å²) in [5.41, 5.74) is 0.769. The molecule has 24 heavy (non-hydrogen) atoms. The highest BCUT2D eigenvalue weighted by Gasteiger charge is 2.41. The average Bonchev–Trinajstić information content (AvgIpc) is 2.60. The lowest BCUT2D eigenvalue weighted by Gasteiger charge is -2.33. The zero-order valence-corrected chi connectivity index (χ0v) is 14.0. The third-order valence-electron chi connectivity index (χ3n) is 4.43. The van der Waals surface area contributed by atoms with Gasteiger partial charge in [0.2, 0.25) is 0 Å². The van der Waals surface area contributed by atoms with Crippen LogP contribution >= 0.6 is 0 Å². The van der Waals surface area contributed by atoms with Crippen LogP contribution < -0.4 is 0 Å². The molecule has 0 spiro atoms. The van der Waals surface area contributed by atoms with E-state index in [9.17, 15) is 14.7 Å². The minimum absolute atomic E-state index is 0.210. The quantitative estimate of drug-likeness (QED) is 0.600. The van der Waals surface area contributed by atoms with E-state index in [0.717, 1.165) is 30.4 Å². The smallest absolute Gasteiger partial charge is 0.331 e. The monoisotopic (exact) mass is 328 g/mol. The minimum atomic E-state index is -0.872. The average molecular weight is 328 g/mol. The number of carbonyl (C=O) groups is 2. The molecular weight excluding hydrogens is 304 g/mol. The van der Waals surface area contributed by atoms with Crippen molar-refractivity contribution in [1.29, 1.82) is 0 Å². The lowest BCUT2D eigenvalue weighted by molar-refractivity contribution is -0.147. The van der Waals surface area contributed by atoms with E-state index >= 15 is 0 Å². The van der Waals surface area contributed by atoms with Gasteiger partial charge in [0, 0.05) is 6.08 Å². The van der Waals surface area contributed by atoms with Gasteiger partial charge >= 0.3 is 11.9 Å². The molecule has 4 heteroatoms. The van der Waals surface area contributed by atoms with E-state index in [0.29, 0.717) is 12.8 Å². The van der Waals surface area contributed by atoms with Crippen LogP contribution in [0.25, 0.3) is 0 Å². The molecule has 0 heterocycles. The van der Waals surface area contributed by atoms with Gasteiger partial charge in [-0.2, -0.15) is 0 Å². The van der Waals surface area contributed by atoms with Crippen molar-refractivity contribution in [3.8, 4) is 0 Å². The molecule has 1 aliphatic carbocycles. The third kappa shape index (κ3) is 4.34. The summed E-state index contributed by atoms with van der Waals surface area (Å²) in [5.74, 6) is -1.27. The van der Waals surface area contributed by atoms with Crippen molar-refractivity contribution >= 4 is 11.9 Å². The number of hydrogen-bond donors (Lipinski definition) is 1. The second-order valence-electron chi connectivity index (χ2n) is 6.12. The summed E-state index contributed by atoms with van der Waals surface area (Å²) in [6.07, 6.45) is 8.59. The zero-order valence-electron chi connectivity index (χ0n) is 14.0. The molecule has 0 aromatic heterocycles. The topological polar surface area (TPSA) is 63.6 Å². The van der Waals surface area contributed by atoms with Crippen molar-refractivity contribution < 1.29 is 19.4 Å². The van der Waals surface area contributed by atoms with Gasteiger partial charge in [-0.05, 0) is 36.8 Å². The Morgan fingerprint density at radius 1 is 1.29 bits per heavy atom. The van der Waals surface area contributed by atoms with E-state index in [1.807, 2.05) is 43.3 Å². The van der Waals surface area contributed by atoms with Crippen LogP contribution in [0.3, 0.4) is 0 Å². The summed E-state index contributed by atoms with van der Waals surface area (Å²) in [7, 11) is 0. The van der Waals surface area contributed by atoms with Crippen LogP contribution in [-0.4, -0.2) is 17.0 Å². The van der Waals surface area contributed by atoms with Gasteiger partial charge in [0.15, 0.2) is 0 Å². The van der Waals surface area contributed by atoms with E-state index in [-0.39, 0.29) is 6.61 Å². The molecule has 0 fully saturated rings. The maximum absolute atomic E-state index is 11.9. The molecule has 0 amide bonds. The van der Waals surface area contributed by atoms with Crippen molar-refractivity contribution in [2.75, 3.05) is 0 Å². The highest BCUT2D eigenvalue weighted by Crippen LogP contribution is 2.42. The maximum Gasteiger partial charge on any atom is 0.331 e. The third-order valence-corrected chi connectivity index (χ3v) is 4.43. The molecule has 1 N–H and O–H groups in total. The molecule has 1 aromatic rings. The number of carbonyl (C=O) groups excluding carboxylic acids is 1. The molecule has 0 radical (unpaired) electrons. The Labute approximate surface area is 142 Å². The Morgan fingerprint density at radius 3 is 2.71 bits per heavy atom. The van der Waals surface area contributed by atoms with Crippen LogP contribution in [0, 0.1) is 5.41 Å². The zero-order chi connectivity index (χ0) is 17.4. The Balaban J connectivity index is 2.03. The van der Waals surface area contributed by atoms with E-state index in [1.54, 1.807) is 6.08 Å². The molecule has 0 saturated carbocycles. The summed E-state index contributed by atoms with van der Waals surface area (Å²) in [5, 5.41) is 9.72. The minimum Gasteiger partial charge on any atom is -0.481 e. The second-order valence-corrected chi connectivity index (χ2v) is 6.12. The number of aliphatic carboxylic acids is 1. The summed E-state index contributed by atoms with van der Waals surface area (Å²) in [4.78, 5) is 23.8. The van der Waals surface area contributed by atoms with Gasteiger partial charge in [-0.15, -0.1) is 0 Å². The molecule has 0 aliphatic heterocycles. The maximum atomic E-state index is 11.9. The first kappa shape index (κ1) is 18.0. The lowest BCUT2D eigenvalue weighted by Crippen LogP contribution is -2.34. The van der Waals surface area contributed by atoms with Crippen molar-refractivity contribution in [2.45, 2.75) is 45.6 Å². The molecular formula is C20H24O4. The summed E-state index contributed by atoms with van der Waals surface area (Å²) < 4.78 is 5.21. The first-order chi connectivity index (χ1) is 11.6. The Morgan fingerprint density at radius 2 is 2.04 bits per heavy atom. The molecule has 2 rings (SSSR count). The molecule has 1 aromatic carbocycles. The Kier molecular flexibility index (Phi) is 6.36. The summed E-state index contributed by atoms with van der Waals surface area (Å²) in [6.45, 7) is 2.19. The van der Waals surface area contributed by atoms with Crippen molar-refractivity contribution in [1.82, 2.24) is 0 Å². The molecule has 1 aliphatic rings. The number of rotatable bonds is 7. The molecule has 0 saturated heterocycles. The van der Waals surface area contributed by atoms with Gasteiger partial charge in [0.25, 0.3) is 0 Å². The van der Waals surface area contributed by atoms with Gasteiger partial charge in [0.1, 0.15) is 6.61 Å². The Hall–Kier alpha value is -2.36. The largest absolute Gasteiger partial charge is 0.481 e. The number of ether oxygens (including phenoxy) is 1. The van der Waals surface area contributed by atoms with Crippen molar-refractivity contribution in [3.05, 3.63) is 59.7 Å². The fourth-order valence-electron chi connectivity index (χ4n) is 3.20. The predicted molar refractivity (Wildman–Crippen MR) is 92.3 cm³/mol. The van der Waals surface area contributed by atoms with E-state index in [1.165, 1.54) is 6.08 Å². The highest BCUT2D eigenvalue weighted by atomic mass is 16.5. The number of carboxylic acid groups (broad SMARTS) is 1. The van der Waals surface area contributed by atoms with E-state index in [4.69, 9.17) is 4.74 Å².